The molecule has 1 atom stereocenters. The van der Waals surface area contributed by atoms with Crippen molar-refractivity contribution in [3.63, 3.8) is 0 Å². The summed E-state index contributed by atoms with van der Waals surface area (Å²) in [7, 11) is 1.60. The lowest BCUT2D eigenvalue weighted by atomic mass is 9.98. The SMILES string of the molecule is CN(CC(=O)N1CCCC(C(=O)O)C1)C(=O)c1sccc1-n1cccc1. The molecule has 1 N–H and O–H groups in total. The van der Waals surface area contributed by atoms with Gasteiger partial charge in [0, 0.05) is 32.5 Å². The Morgan fingerprint density at radius 2 is 2.04 bits per heavy atom. The average molecular weight is 375 g/mol. The predicted octanol–water partition coefficient (Wildman–Crippen LogP) is 1.93. The lowest BCUT2D eigenvalue weighted by Crippen LogP contribution is -2.46. The Morgan fingerprint density at radius 1 is 1.31 bits per heavy atom. The lowest BCUT2D eigenvalue weighted by Gasteiger charge is -2.32. The first-order valence-corrected chi connectivity index (χ1v) is 9.32. The topological polar surface area (TPSA) is 82.9 Å². The van der Waals surface area contributed by atoms with E-state index < -0.39 is 11.9 Å². The van der Waals surface area contributed by atoms with Crippen molar-refractivity contribution >= 4 is 29.1 Å². The van der Waals surface area contributed by atoms with Crippen LogP contribution in [0.5, 0.6) is 0 Å². The Hall–Kier alpha value is -2.61. The van der Waals surface area contributed by atoms with E-state index in [0.717, 1.165) is 5.69 Å². The molecule has 8 heteroatoms. The van der Waals surface area contributed by atoms with E-state index in [9.17, 15) is 14.4 Å². The van der Waals surface area contributed by atoms with Gasteiger partial charge in [-0.05, 0) is 36.4 Å². The molecule has 1 unspecified atom stereocenters. The molecule has 1 fully saturated rings. The van der Waals surface area contributed by atoms with Crippen molar-refractivity contribution in [2.45, 2.75) is 12.8 Å². The van der Waals surface area contributed by atoms with Crippen molar-refractivity contribution in [2.24, 2.45) is 5.92 Å². The summed E-state index contributed by atoms with van der Waals surface area (Å²) in [6.07, 6.45) is 4.99. The number of aliphatic carboxylic acids is 1. The third-order valence-corrected chi connectivity index (χ3v) is 5.46. The van der Waals surface area contributed by atoms with E-state index in [1.807, 2.05) is 40.5 Å². The maximum atomic E-state index is 12.8. The van der Waals surface area contributed by atoms with Crippen molar-refractivity contribution in [3.05, 3.63) is 40.8 Å². The van der Waals surface area contributed by atoms with Crippen LogP contribution in [-0.4, -0.2) is 63.9 Å². The molecule has 1 aliphatic rings. The fourth-order valence-electron chi connectivity index (χ4n) is 3.11. The summed E-state index contributed by atoms with van der Waals surface area (Å²) >= 11 is 1.34. The minimum atomic E-state index is -0.873. The Balaban J connectivity index is 1.66. The third-order valence-electron chi connectivity index (χ3n) is 4.56. The summed E-state index contributed by atoms with van der Waals surface area (Å²) in [5, 5.41) is 11.0. The Labute approximate surface area is 155 Å². The molecule has 0 aliphatic carbocycles. The Bertz CT molecular complexity index is 799. The van der Waals surface area contributed by atoms with E-state index in [1.54, 1.807) is 11.9 Å². The summed E-state index contributed by atoms with van der Waals surface area (Å²) in [4.78, 5) is 39.9. The van der Waals surface area contributed by atoms with Crippen LogP contribution in [0.15, 0.2) is 36.0 Å². The van der Waals surface area contributed by atoms with Crippen LogP contribution in [0, 0.1) is 5.92 Å². The van der Waals surface area contributed by atoms with E-state index in [4.69, 9.17) is 5.11 Å². The number of amides is 2. The maximum absolute atomic E-state index is 12.8. The second-order valence-corrected chi connectivity index (χ2v) is 7.32. The van der Waals surface area contributed by atoms with E-state index in [2.05, 4.69) is 0 Å². The zero-order chi connectivity index (χ0) is 18.7. The minimum absolute atomic E-state index is 0.0613. The number of hydrogen-bond acceptors (Lipinski definition) is 4. The highest BCUT2D eigenvalue weighted by molar-refractivity contribution is 7.12. The van der Waals surface area contributed by atoms with Gasteiger partial charge in [0.15, 0.2) is 0 Å². The average Bonchev–Trinajstić information content (AvgIpc) is 3.32. The Kier molecular flexibility index (Phi) is 5.41. The van der Waals surface area contributed by atoms with Crippen LogP contribution < -0.4 is 0 Å². The number of aromatic nitrogens is 1. The van der Waals surface area contributed by atoms with Gasteiger partial charge in [0.2, 0.25) is 5.91 Å². The molecule has 1 aliphatic heterocycles. The monoisotopic (exact) mass is 375 g/mol. The molecule has 2 aromatic rings. The van der Waals surface area contributed by atoms with Gasteiger partial charge < -0.3 is 19.5 Å². The molecule has 1 saturated heterocycles. The molecule has 3 rings (SSSR count). The number of hydrogen-bond donors (Lipinski definition) is 1. The summed E-state index contributed by atoms with van der Waals surface area (Å²) in [5.74, 6) is -1.83. The molecule has 3 heterocycles. The number of nitrogens with zero attached hydrogens (tertiary/aromatic N) is 3. The summed E-state index contributed by atoms with van der Waals surface area (Å²) in [6.45, 7) is 0.691. The fraction of sp³-hybridized carbons (Fsp3) is 0.389. The van der Waals surface area contributed by atoms with E-state index in [1.165, 1.54) is 16.2 Å². The quantitative estimate of drug-likeness (QED) is 0.866. The van der Waals surface area contributed by atoms with Crippen LogP contribution in [0.2, 0.25) is 0 Å². The molecular formula is C18H21N3O4S. The number of rotatable bonds is 5. The predicted molar refractivity (Wildman–Crippen MR) is 97.5 cm³/mol. The van der Waals surface area contributed by atoms with Crippen LogP contribution in [0.3, 0.4) is 0 Å². The standard InChI is InChI=1S/C18H21N3O4S/c1-19(12-15(22)21-9-4-5-13(11-21)18(24)25)17(23)16-14(6-10-26-16)20-7-2-3-8-20/h2-3,6-8,10,13H,4-5,9,11-12H2,1H3,(H,24,25). The molecule has 0 radical (unpaired) electrons. The molecule has 0 bridgehead atoms. The van der Waals surface area contributed by atoms with Crippen LogP contribution in [0.1, 0.15) is 22.5 Å². The zero-order valence-electron chi connectivity index (χ0n) is 14.5. The first kappa shape index (κ1) is 18.2. The van der Waals surface area contributed by atoms with Crippen molar-refractivity contribution < 1.29 is 19.5 Å². The normalized spacial score (nSPS) is 17.1. The van der Waals surface area contributed by atoms with Crippen molar-refractivity contribution in [3.8, 4) is 5.69 Å². The number of carboxylic acids is 1. The van der Waals surface area contributed by atoms with Gasteiger partial charge in [-0.2, -0.15) is 0 Å². The summed E-state index contributed by atoms with van der Waals surface area (Å²) in [5.41, 5.74) is 0.785. The van der Waals surface area contributed by atoms with E-state index >= 15 is 0 Å². The maximum Gasteiger partial charge on any atom is 0.308 e. The number of carbonyl (C=O) groups excluding carboxylic acids is 2. The number of likely N-dealkylation sites (tertiary alicyclic amines) is 1. The van der Waals surface area contributed by atoms with Gasteiger partial charge in [-0.15, -0.1) is 11.3 Å². The molecule has 2 amide bonds. The van der Waals surface area contributed by atoms with Crippen LogP contribution in [-0.2, 0) is 9.59 Å². The first-order valence-electron chi connectivity index (χ1n) is 8.44. The Morgan fingerprint density at radius 3 is 2.73 bits per heavy atom. The second-order valence-electron chi connectivity index (χ2n) is 6.40. The molecule has 0 spiro atoms. The van der Waals surface area contributed by atoms with Gasteiger partial charge in [0.05, 0.1) is 18.2 Å². The zero-order valence-corrected chi connectivity index (χ0v) is 15.3. The van der Waals surface area contributed by atoms with Crippen molar-refractivity contribution in [1.82, 2.24) is 14.4 Å². The number of thiophene rings is 1. The van der Waals surface area contributed by atoms with E-state index in [-0.39, 0.29) is 24.9 Å². The van der Waals surface area contributed by atoms with Crippen LogP contribution >= 0.6 is 11.3 Å². The van der Waals surface area contributed by atoms with Crippen LogP contribution in [0.25, 0.3) is 5.69 Å². The molecule has 138 valence electrons. The van der Waals surface area contributed by atoms with Gasteiger partial charge in [-0.3, -0.25) is 14.4 Å². The highest BCUT2D eigenvalue weighted by Crippen LogP contribution is 2.23. The molecule has 7 nitrogen and oxygen atoms in total. The van der Waals surface area contributed by atoms with Gasteiger partial charge >= 0.3 is 5.97 Å². The number of carbonyl (C=O) groups is 3. The van der Waals surface area contributed by atoms with Crippen molar-refractivity contribution in [1.29, 1.82) is 0 Å². The molecular weight excluding hydrogens is 354 g/mol. The molecule has 2 aromatic heterocycles. The van der Waals surface area contributed by atoms with Gasteiger partial charge in [0.25, 0.3) is 5.91 Å². The van der Waals surface area contributed by atoms with E-state index in [0.29, 0.717) is 24.3 Å². The lowest BCUT2D eigenvalue weighted by molar-refractivity contribution is -0.145. The van der Waals surface area contributed by atoms with Gasteiger partial charge in [-0.1, -0.05) is 0 Å². The molecule has 0 saturated carbocycles. The number of piperidine rings is 1. The number of carboxylic acid groups (broad SMARTS) is 1. The highest BCUT2D eigenvalue weighted by Gasteiger charge is 2.29. The van der Waals surface area contributed by atoms with Crippen molar-refractivity contribution in [2.75, 3.05) is 26.7 Å². The minimum Gasteiger partial charge on any atom is -0.481 e. The largest absolute Gasteiger partial charge is 0.481 e. The molecule has 0 aromatic carbocycles. The first-order chi connectivity index (χ1) is 12.5. The second kappa shape index (κ2) is 7.74. The van der Waals surface area contributed by atoms with Gasteiger partial charge in [-0.25, -0.2) is 0 Å². The fourth-order valence-corrected chi connectivity index (χ4v) is 4.00. The third kappa shape index (κ3) is 3.80. The smallest absolute Gasteiger partial charge is 0.308 e. The van der Waals surface area contributed by atoms with Crippen LogP contribution in [0.4, 0.5) is 0 Å². The van der Waals surface area contributed by atoms with Gasteiger partial charge in [0.1, 0.15) is 4.88 Å². The summed E-state index contributed by atoms with van der Waals surface area (Å²) in [6, 6.07) is 5.64. The summed E-state index contributed by atoms with van der Waals surface area (Å²) < 4.78 is 1.86. The highest BCUT2D eigenvalue weighted by atomic mass is 32.1. The number of likely N-dealkylation sites (N-methyl/N-ethyl adjacent to an activating group) is 1. The molecule has 26 heavy (non-hydrogen) atoms.